The summed E-state index contributed by atoms with van der Waals surface area (Å²) in [7, 11) is 0. The van der Waals surface area contributed by atoms with Crippen LogP contribution >= 0.6 is 0 Å². The zero-order valence-electron chi connectivity index (χ0n) is 14.4. The molecule has 7 heteroatoms. The van der Waals surface area contributed by atoms with Crippen molar-refractivity contribution in [1.82, 2.24) is 29.5 Å². The quantitative estimate of drug-likeness (QED) is 0.325. The summed E-state index contributed by atoms with van der Waals surface area (Å²) in [6.07, 6.45) is 13.7. The summed E-state index contributed by atoms with van der Waals surface area (Å²) in [5.41, 5.74) is 4.28. The van der Waals surface area contributed by atoms with Gasteiger partial charge in [-0.1, -0.05) is 36.7 Å². The number of hydrogen-bond donors (Lipinski definition) is 0. The van der Waals surface area contributed by atoms with Crippen LogP contribution in [0.4, 0.5) is 0 Å². The minimum absolute atomic E-state index is 0. The topological polar surface area (TPSA) is 61.4 Å². The molecule has 0 saturated heterocycles. The number of nitrogens with zero attached hydrogens (tertiary/aromatic N) is 6. The van der Waals surface area contributed by atoms with Gasteiger partial charge in [-0.05, 0) is 50.2 Å². The summed E-state index contributed by atoms with van der Waals surface area (Å²) in [5, 5.41) is 8.81. The van der Waals surface area contributed by atoms with Gasteiger partial charge in [0.05, 0.1) is 0 Å². The van der Waals surface area contributed by atoms with Crippen molar-refractivity contribution >= 4 is 0 Å². The fourth-order valence-electron chi connectivity index (χ4n) is 3.10. The molecule has 1 aliphatic rings. The number of hydrogen-bond acceptors (Lipinski definition) is 4. The molecule has 0 saturated carbocycles. The second-order valence-electron chi connectivity index (χ2n) is 6.36. The Morgan fingerprint density at radius 2 is 1.19 bits per heavy atom. The Morgan fingerprint density at radius 3 is 1.74 bits per heavy atom. The van der Waals surface area contributed by atoms with E-state index in [0.717, 1.165) is 48.2 Å². The van der Waals surface area contributed by atoms with E-state index < -0.39 is 0 Å². The molecule has 5 heterocycles. The van der Waals surface area contributed by atoms with Gasteiger partial charge in [0.2, 0.25) is 0 Å². The standard InChI is InChI=1S/C20H16N6.Pt/c1-3-17-9-7-15-11-21-25(13-15)19-5-2-6-20(24-19)26-14-16(12-22-26)8-10-18(4-1)23-17;/h1-6,11-12H,7-10H2;/q-2;+2. The third kappa shape index (κ3) is 3.76. The number of fused-ring (bicyclic) bond motifs is 10. The van der Waals surface area contributed by atoms with E-state index in [1.807, 2.05) is 30.6 Å². The predicted molar refractivity (Wildman–Crippen MR) is 95.2 cm³/mol. The smallest absolute Gasteiger partial charge is 0.344 e. The average molecular weight is 535 g/mol. The Morgan fingerprint density at radius 1 is 0.667 bits per heavy atom. The summed E-state index contributed by atoms with van der Waals surface area (Å²) in [5.74, 6) is 1.43. The van der Waals surface area contributed by atoms with Crippen molar-refractivity contribution in [1.29, 1.82) is 0 Å². The van der Waals surface area contributed by atoms with E-state index in [2.05, 4.69) is 45.8 Å². The van der Waals surface area contributed by atoms with Crippen LogP contribution in [-0.2, 0) is 46.7 Å². The van der Waals surface area contributed by atoms with Gasteiger partial charge in [-0.25, -0.2) is 0 Å². The van der Waals surface area contributed by atoms with Gasteiger partial charge in [0, 0.05) is 23.0 Å². The Hall–Kier alpha value is -2.59. The second-order valence-corrected chi connectivity index (χ2v) is 6.36. The van der Waals surface area contributed by atoms with Crippen LogP contribution in [0.5, 0.6) is 0 Å². The molecule has 0 atom stereocenters. The van der Waals surface area contributed by atoms with Crippen LogP contribution in [0.25, 0.3) is 11.6 Å². The Labute approximate surface area is 171 Å². The van der Waals surface area contributed by atoms with E-state index in [0.29, 0.717) is 11.6 Å². The summed E-state index contributed by atoms with van der Waals surface area (Å²) in [4.78, 5) is 9.42. The summed E-state index contributed by atoms with van der Waals surface area (Å²) in [6.45, 7) is 0. The van der Waals surface area contributed by atoms with Crippen LogP contribution in [0.15, 0.2) is 48.8 Å². The molecule has 136 valence electrons. The molecule has 0 aliphatic carbocycles. The Balaban J connectivity index is 0.00000180. The molecule has 0 fully saturated rings. The minimum Gasteiger partial charge on any atom is -0.344 e. The molecule has 0 radical (unpaired) electrons. The van der Waals surface area contributed by atoms with Gasteiger partial charge in [-0.15, -0.1) is 11.1 Å². The molecular weight excluding hydrogens is 519 g/mol. The maximum absolute atomic E-state index is 4.78. The SMILES string of the molecule is [Pt+2].[c-]1c2cnn1-c1cccc(n1)-n1[c-]c(cn1)CCc1cccc(n1)CC2. The predicted octanol–water partition coefficient (Wildman–Crippen LogP) is 2.33. The second kappa shape index (κ2) is 7.57. The number of aryl methyl sites for hydroxylation is 4. The average Bonchev–Trinajstić information content (AvgIpc) is 3.34. The van der Waals surface area contributed by atoms with Crippen molar-refractivity contribution in [3.8, 4) is 11.6 Å². The fourth-order valence-corrected chi connectivity index (χ4v) is 3.10. The molecular formula is C20H16N6Pt. The fraction of sp³-hybridized carbons (Fsp3) is 0.200. The van der Waals surface area contributed by atoms with Crippen molar-refractivity contribution < 1.29 is 21.1 Å². The Bertz CT molecular complexity index is 991. The molecule has 1 aliphatic heterocycles. The first-order valence-electron chi connectivity index (χ1n) is 8.68. The van der Waals surface area contributed by atoms with Crippen molar-refractivity contribution in [2.45, 2.75) is 25.7 Å². The van der Waals surface area contributed by atoms with Crippen molar-refractivity contribution in [2.24, 2.45) is 0 Å². The molecule has 8 bridgehead atoms. The maximum atomic E-state index is 4.78. The summed E-state index contributed by atoms with van der Waals surface area (Å²) >= 11 is 0. The maximum Gasteiger partial charge on any atom is 2.00 e. The van der Waals surface area contributed by atoms with Crippen molar-refractivity contribution in [3.05, 3.63) is 83.7 Å². The molecule has 6 nitrogen and oxygen atoms in total. The van der Waals surface area contributed by atoms with Gasteiger partial charge < -0.3 is 14.3 Å². The van der Waals surface area contributed by atoms with Crippen LogP contribution in [0.3, 0.4) is 0 Å². The van der Waals surface area contributed by atoms with Gasteiger partial charge >= 0.3 is 21.1 Å². The van der Waals surface area contributed by atoms with Gasteiger partial charge in [0.15, 0.2) is 0 Å². The van der Waals surface area contributed by atoms with Crippen LogP contribution in [0.2, 0.25) is 0 Å². The first kappa shape index (κ1) is 17.8. The largest absolute Gasteiger partial charge is 2.00 e. The molecule has 4 aromatic rings. The van der Waals surface area contributed by atoms with Crippen molar-refractivity contribution in [2.75, 3.05) is 0 Å². The third-order valence-electron chi connectivity index (χ3n) is 4.48. The van der Waals surface area contributed by atoms with Crippen molar-refractivity contribution in [3.63, 3.8) is 0 Å². The van der Waals surface area contributed by atoms with E-state index in [9.17, 15) is 0 Å². The Kier molecular flexibility index (Phi) is 4.99. The first-order chi connectivity index (χ1) is 12.8. The molecule has 0 aromatic carbocycles. The van der Waals surface area contributed by atoms with E-state index in [1.54, 1.807) is 9.36 Å². The zero-order valence-corrected chi connectivity index (χ0v) is 16.7. The van der Waals surface area contributed by atoms with Crippen LogP contribution < -0.4 is 0 Å². The summed E-state index contributed by atoms with van der Waals surface area (Å²) < 4.78 is 3.36. The van der Waals surface area contributed by atoms with Gasteiger partial charge in [-0.3, -0.25) is 15.2 Å². The van der Waals surface area contributed by atoms with E-state index in [-0.39, 0.29) is 21.1 Å². The molecule has 0 unspecified atom stereocenters. The first-order valence-corrected chi connectivity index (χ1v) is 8.68. The molecule has 0 amide bonds. The van der Waals surface area contributed by atoms with Crippen LogP contribution in [0.1, 0.15) is 22.5 Å². The van der Waals surface area contributed by atoms with Gasteiger partial charge in [-0.2, -0.15) is 0 Å². The van der Waals surface area contributed by atoms with Gasteiger partial charge in [0.25, 0.3) is 0 Å². The van der Waals surface area contributed by atoms with Gasteiger partial charge in [0.1, 0.15) is 0 Å². The normalized spacial score (nSPS) is 13.0. The summed E-state index contributed by atoms with van der Waals surface area (Å²) in [6, 6.07) is 12.0. The molecule has 4 aromatic heterocycles. The molecule has 27 heavy (non-hydrogen) atoms. The van der Waals surface area contributed by atoms with Crippen LogP contribution in [0, 0.1) is 12.4 Å². The van der Waals surface area contributed by atoms with E-state index in [1.165, 1.54) is 0 Å². The number of pyridine rings is 2. The minimum atomic E-state index is 0. The van der Waals surface area contributed by atoms with E-state index in [4.69, 9.17) is 4.98 Å². The monoisotopic (exact) mass is 535 g/mol. The molecule has 0 spiro atoms. The third-order valence-corrected chi connectivity index (χ3v) is 4.48. The number of aromatic nitrogens is 6. The zero-order chi connectivity index (χ0) is 17.3. The van der Waals surface area contributed by atoms with E-state index >= 15 is 0 Å². The molecule has 0 N–H and O–H groups in total. The number of rotatable bonds is 0. The van der Waals surface area contributed by atoms with Crippen LogP contribution in [-0.4, -0.2) is 29.5 Å². The molecule has 5 rings (SSSR count).